The third-order valence-electron chi connectivity index (χ3n) is 7.12. The van der Waals surface area contributed by atoms with E-state index in [4.69, 9.17) is 9.15 Å². The number of halogens is 2. The number of carbonyl (C=O) groups excluding carboxylic acids is 2. The predicted octanol–water partition coefficient (Wildman–Crippen LogP) is 5.96. The van der Waals surface area contributed by atoms with Crippen LogP contribution in [0.25, 0.3) is 0 Å². The summed E-state index contributed by atoms with van der Waals surface area (Å²) in [6, 6.07) is 8.31. The van der Waals surface area contributed by atoms with E-state index in [0.29, 0.717) is 29.0 Å². The number of carbonyl (C=O) groups is 2. The number of hydrogen-bond acceptors (Lipinski definition) is 6. The second-order valence-electron chi connectivity index (χ2n) is 11.3. The van der Waals surface area contributed by atoms with Crippen molar-refractivity contribution < 1.29 is 23.1 Å². The smallest absolute Gasteiger partial charge is 0.410 e. The Morgan fingerprint density at radius 1 is 1.21 bits per heavy atom. The minimum atomic E-state index is -0.569. The number of furan rings is 1. The molecule has 3 heterocycles. The third-order valence-corrected chi connectivity index (χ3v) is 7.73. The van der Waals surface area contributed by atoms with Gasteiger partial charge < -0.3 is 14.5 Å². The minimum Gasteiger partial charge on any atom is -0.454 e. The molecule has 0 radical (unpaired) electrons. The molecule has 3 aromatic rings. The number of hydrogen-bond donors (Lipinski definition) is 1. The van der Waals surface area contributed by atoms with Gasteiger partial charge >= 0.3 is 6.09 Å². The lowest BCUT2D eigenvalue weighted by Gasteiger charge is -2.36. The summed E-state index contributed by atoms with van der Waals surface area (Å²) in [6.45, 7) is 6.49. The molecule has 1 aliphatic heterocycles. The first-order valence-electron chi connectivity index (χ1n) is 13.3. The second kappa shape index (κ2) is 11.1. The molecule has 2 amide bonds. The van der Waals surface area contributed by atoms with Crippen LogP contribution in [-0.2, 0) is 11.3 Å². The van der Waals surface area contributed by atoms with Crippen LogP contribution in [0, 0.1) is 5.82 Å². The lowest BCUT2D eigenvalue weighted by atomic mass is 9.76. The molecule has 1 saturated heterocycles. The highest BCUT2D eigenvalue weighted by Crippen LogP contribution is 2.38. The topological polar surface area (TPSA) is 102 Å². The van der Waals surface area contributed by atoms with Crippen molar-refractivity contribution in [2.75, 3.05) is 6.54 Å². The Balaban J connectivity index is 1.15. The summed E-state index contributed by atoms with van der Waals surface area (Å²) in [5, 5.41) is 11.6. The molecule has 1 saturated carbocycles. The van der Waals surface area contributed by atoms with Gasteiger partial charge in [-0.3, -0.25) is 9.69 Å². The minimum absolute atomic E-state index is 0.0427. The fourth-order valence-electron chi connectivity index (χ4n) is 5.10. The molecule has 39 heavy (non-hydrogen) atoms. The van der Waals surface area contributed by atoms with Gasteiger partial charge in [-0.1, -0.05) is 11.3 Å². The Labute approximate surface area is 235 Å². The molecule has 1 unspecified atom stereocenters. The normalized spacial score (nSPS) is 21.4. The number of amides is 2. The van der Waals surface area contributed by atoms with E-state index in [9.17, 15) is 14.0 Å². The van der Waals surface area contributed by atoms with Crippen molar-refractivity contribution in [3.05, 3.63) is 69.6 Å². The second-order valence-corrected chi connectivity index (χ2v) is 12.2. The zero-order valence-electron chi connectivity index (χ0n) is 22.3. The van der Waals surface area contributed by atoms with Crippen LogP contribution in [-0.4, -0.2) is 50.1 Å². The molecule has 1 atom stereocenters. The first kappa shape index (κ1) is 27.4. The fraction of sp³-hybridized carbons (Fsp3) is 0.500. The largest absolute Gasteiger partial charge is 0.454 e. The van der Waals surface area contributed by atoms with Gasteiger partial charge in [0.1, 0.15) is 29.4 Å². The van der Waals surface area contributed by atoms with Gasteiger partial charge in [0.2, 0.25) is 0 Å². The highest BCUT2D eigenvalue weighted by atomic mass is 79.9. The zero-order valence-corrected chi connectivity index (χ0v) is 23.9. The van der Waals surface area contributed by atoms with Crippen LogP contribution in [0.1, 0.15) is 92.4 Å². The van der Waals surface area contributed by atoms with Crippen LogP contribution in [0.5, 0.6) is 0 Å². The molecule has 2 aromatic heterocycles. The quantitative estimate of drug-likeness (QED) is 0.374. The summed E-state index contributed by atoms with van der Waals surface area (Å²) < 4.78 is 27.0. The molecule has 1 aliphatic carbocycles. The van der Waals surface area contributed by atoms with E-state index in [0.717, 1.165) is 37.7 Å². The van der Waals surface area contributed by atoms with Crippen LogP contribution in [0.4, 0.5) is 9.18 Å². The van der Waals surface area contributed by atoms with Crippen molar-refractivity contribution in [3.8, 4) is 0 Å². The molecule has 2 aliphatic rings. The number of ether oxygens (including phenoxy) is 1. The van der Waals surface area contributed by atoms with E-state index in [2.05, 4.69) is 31.6 Å². The van der Waals surface area contributed by atoms with E-state index in [1.807, 2.05) is 27.0 Å². The number of rotatable bonds is 6. The monoisotopic (exact) mass is 601 g/mol. The maximum atomic E-state index is 13.5. The summed E-state index contributed by atoms with van der Waals surface area (Å²) in [5.74, 6) is 0.555. The van der Waals surface area contributed by atoms with E-state index in [-0.39, 0.29) is 41.6 Å². The highest BCUT2D eigenvalue weighted by Gasteiger charge is 2.34. The number of likely N-dealkylation sites (tertiary alicyclic amines) is 1. The average Bonchev–Trinajstić information content (AvgIpc) is 3.52. The SMILES string of the molecule is CC(C)(C)OC(=O)N1CCCCC1c1cn(Cc2ccc(C(=O)NC3CC(c4ccc(F)c(Br)c4)C3)o2)nn1. The van der Waals surface area contributed by atoms with Crippen molar-refractivity contribution in [3.63, 3.8) is 0 Å². The zero-order chi connectivity index (χ0) is 27.7. The predicted molar refractivity (Wildman–Crippen MR) is 145 cm³/mol. The van der Waals surface area contributed by atoms with Gasteiger partial charge in [-0.2, -0.15) is 0 Å². The molecule has 5 rings (SSSR count). The summed E-state index contributed by atoms with van der Waals surface area (Å²) in [4.78, 5) is 27.2. The third kappa shape index (κ3) is 6.51. The number of nitrogens with zero attached hydrogens (tertiary/aromatic N) is 4. The molecule has 0 bridgehead atoms. The van der Waals surface area contributed by atoms with Gasteiger partial charge in [0.05, 0.1) is 16.7 Å². The van der Waals surface area contributed by atoms with Crippen molar-refractivity contribution in [2.24, 2.45) is 0 Å². The average molecular weight is 603 g/mol. The number of aromatic nitrogens is 3. The van der Waals surface area contributed by atoms with E-state index in [1.54, 1.807) is 33.8 Å². The molecule has 1 N–H and O–H groups in total. The Morgan fingerprint density at radius 2 is 2.00 bits per heavy atom. The van der Waals surface area contributed by atoms with Crippen molar-refractivity contribution >= 4 is 27.9 Å². The van der Waals surface area contributed by atoms with Gasteiger partial charge in [-0.25, -0.2) is 13.9 Å². The van der Waals surface area contributed by atoms with Gasteiger partial charge in [0, 0.05) is 12.6 Å². The molecular formula is C28H33BrFN5O4. The molecule has 208 valence electrons. The van der Waals surface area contributed by atoms with E-state index < -0.39 is 5.60 Å². The van der Waals surface area contributed by atoms with Crippen LogP contribution in [0.15, 0.2) is 45.4 Å². The lowest BCUT2D eigenvalue weighted by molar-refractivity contribution is 0.00898. The summed E-state index contributed by atoms with van der Waals surface area (Å²) in [6.07, 6.45) is 5.78. The van der Waals surface area contributed by atoms with Crippen LogP contribution < -0.4 is 5.32 Å². The summed E-state index contributed by atoms with van der Waals surface area (Å²) in [7, 11) is 0. The lowest BCUT2D eigenvalue weighted by Crippen LogP contribution is -2.43. The molecule has 2 fully saturated rings. The Bertz CT molecular complexity index is 1340. The molecule has 11 heteroatoms. The van der Waals surface area contributed by atoms with Gasteiger partial charge in [-0.05, 0) is 105 Å². The number of nitrogens with one attached hydrogen (secondary N) is 1. The molecular weight excluding hydrogens is 569 g/mol. The first-order chi connectivity index (χ1) is 18.6. The summed E-state index contributed by atoms with van der Waals surface area (Å²) >= 11 is 3.23. The van der Waals surface area contributed by atoms with Crippen LogP contribution in [0.2, 0.25) is 0 Å². The van der Waals surface area contributed by atoms with Crippen LogP contribution >= 0.6 is 15.9 Å². The number of benzene rings is 1. The van der Waals surface area contributed by atoms with Gasteiger partial charge in [0.15, 0.2) is 5.76 Å². The highest BCUT2D eigenvalue weighted by molar-refractivity contribution is 9.10. The van der Waals surface area contributed by atoms with Crippen LogP contribution in [0.3, 0.4) is 0 Å². The maximum absolute atomic E-state index is 13.5. The Kier molecular flexibility index (Phi) is 7.80. The first-order valence-corrected chi connectivity index (χ1v) is 14.1. The fourth-order valence-corrected chi connectivity index (χ4v) is 5.49. The van der Waals surface area contributed by atoms with Gasteiger partial charge in [-0.15, -0.1) is 5.10 Å². The maximum Gasteiger partial charge on any atom is 0.410 e. The van der Waals surface area contributed by atoms with E-state index in [1.165, 1.54) is 6.07 Å². The standard InChI is InChI=1S/C28H33BrFN5O4/c1-28(2,3)39-27(37)35-11-5-4-6-24(35)23-16-34(33-32-23)15-20-8-10-25(38-20)26(36)31-19-12-18(13-19)17-7-9-22(30)21(29)14-17/h7-10,14,16,18-19,24H,4-6,11-13,15H2,1-3H3,(H,31,36). The van der Waals surface area contributed by atoms with Crippen molar-refractivity contribution in [1.82, 2.24) is 25.2 Å². The molecule has 9 nitrogen and oxygen atoms in total. The van der Waals surface area contributed by atoms with Gasteiger partial charge in [0.25, 0.3) is 5.91 Å². The van der Waals surface area contributed by atoms with Crippen molar-refractivity contribution in [2.45, 2.75) is 83.0 Å². The number of piperidine rings is 1. The molecule has 0 spiro atoms. The van der Waals surface area contributed by atoms with E-state index >= 15 is 0 Å². The Morgan fingerprint density at radius 3 is 2.74 bits per heavy atom. The molecule has 1 aromatic carbocycles. The summed E-state index contributed by atoms with van der Waals surface area (Å²) in [5.41, 5.74) is 1.20. The van der Waals surface area contributed by atoms with Crippen molar-refractivity contribution in [1.29, 1.82) is 0 Å². The Hall–Kier alpha value is -3.21.